The number of anilines is 1. The molecule has 1 aliphatic rings. The smallest absolute Gasteiger partial charge is 0.309 e. The van der Waals surface area contributed by atoms with Crippen molar-refractivity contribution in [3.8, 4) is 10.6 Å². The zero-order valence-electron chi connectivity index (χ0n) is 13.7. The molecule has 0 radical (unpaired) electrons. The van der Waals surface area contributed by atoms with Gasteiger partial charge in [-0.3, -0.25) is 4.79 Å². The fourth-order valence-corrected chi connectivity index (χ4v) is 4.32. The molecule has 0 saturated carbocycles. The van der Waals surface area contributed by atoms with Gasteiger partial charge in [-0.2, -0.15) is 0 Å². The summed E-state index contributed by atoms with van der Waals surface area (Å²) < 4.78 is 0.812. The van der Waals surface area contributed by atoms with E-state index in [2.05, 4.69) is 30.8 Å². The highest BCUT2D eigenvalue weighted by molar-refractivity contribution is 9.10. The van der Waals surface area contributed by atoms with Crippen LogP contribution in [0.4, 0.5) is 5.13 Å². The molecule has 5 nitrogen and oxygen atoms in total. The third-order valence-electron chi connectivity index (χ3n) is 4.80. The minimum atomic E-state index is -0.710. The predicted octanol–water partition coefficient (Wildman–Crippen LogP) is 4.29. The van der Waals surface area contributed by atoms with Crippen LogP contribution >= 0.6 is 27.3 Å². The van der Waals surface area contributed by atoms with Crippen molar-refractivity contribution in [3.05, 3.63) is 29.0 Å². The first kappa shape index (κ1) is 17.4. The zero-order valence-corrected chi connectivity index (χ0v) is 16.1. The van der Waals surface area contributed by atoms with Gasteiger partial charge in [0.15, 0.2) is 5.13 Å². The minimum Gasteiger partial charge on any atom is -0.481 e. The Morgan fingerprint density at radius 2 is 2.08 bits per heavy atom. The van der Waals surface area contributed by atoms with E-state index in [1.165, 1.54) is 0 Å². The number of nitrogens with zero attached hydrogens (tertiary/aromatic N) is 3. The molecule has 0 amide bonds. The summed E-state index contributed by atoms with van der Waals surface area (Å²) in [6.07, 6.45) is 3.62. The summed E-state index contributed by atoms with van der Waals surface area (Å²) in [4.78, 5) is 23.7. The summed E-state index contributed by atoms with van der Waals surface area (Å²) in [6, 6.07) is 5.84. The van der Waals surface area contributed by atoms with Crippen LogP contribution in [0.2, 0.25) is 0 Å². The summed E-state index contributed by atoms with van der Waals surface area (Å²) in [5.74, 6) is -0.504. The lowest BCUT2D eigenvalue weighted by atomic mass is 9.74. The molecule has 3 rings (SSSR count). The zero-order chi connectivity index (χ0) is 17.3. The van der Waals surface area contributed by atoms with Crippen LogP contribution in [0.5, 0.6) is 0 Å². The van der Waals surface area contributed by atoms with Gasteiger partial charge in [-0.15, -0.1) is 0 Å². The number of aromatic nitrogens is 2. The largest absolute Gasteiger partial charge is 0.481 e. The van der Waals surface area contributed by atoms with Crippen molar-refractivity contribution in [3.63, 3.8) is 0 Å². The first-order valence-electron chi connectivity index (χ1n) is 7.95. The van der Waals surface area contributed by atoms with Gasteiger partial charge in [-0.1, -0.05) is 17.4 Å². The minimum absolute atomic E-state index is 0.206. The van der Waals surface area contributed by atoms with E-state index in [9.17, 15) is 9.90 Å². The van der Waals surface area contributed by atoms with Crippen LogP contribution in [0.3, 0.4) is 0 Å². The highest BCUT2D eigenvalue weighted by Crippen LogP contribution is 2.38. The van der Waals surface area contributed by atoms with Crippen LogP contribution in [-0.2, 0) is 4.79 Å². The second-order valence-electron chi connectivity index (χ2n) is 6.64. The number of rotatable bonds is 4. The van der Waals surface area contributed by atoms with Crippen LogP contribution in [-0.4, -0.2) is 34.1 Å². The summed E-state index contributed by atoms with van der Waals surface area (Å²) >= 11 is 5.03. The van der Waals surface area contributed by atoms with E-state index in [1.807, 2.05) is 38.2 Å². The number of carboxylic acid groups (broad SMARTS) is 1. The van der Waals surface area contributed by atoms with Crippen molar-refractivity contribution in [2.24, 2.45) is 11.3 Å². The molecule has 0 atom stereocenters. The Balaban J connectivity index is 1.69. The van der Waals surface area contributed by atoms with Gasteiger partial charge >= 0.3 is 5.97 Å². The van der Waals surface area contributed by atoms with Crippen molar-refractivity contribution in [2.45, 2.75) is 26.7 Å². The number of aliphatic carboxylic acids is 1. The Morgan fingerprint density at radius 1 is 1.38 bits per heavy atom. The third-order valence-corrected chi connectivity index (χ3v) is 6.32. The molecule has 0 aromatic carbocycles. The summed E-state index contributed by atoms with van der Waals surface area (Å²) in [6.45, 7) is 5.35. The highest BCUT2D eigenvalue weighted by atomic mass is 79.9. The molecule has 0 unspecified atom stereocenters. The van der Waals surface area contributed by atoms with E-state index in [0.29, 0.717) is 0 Å². The Labute approximate surface area is 153 Å². The predicted molar refractivity (Wildman–Crippen MR) is 99.4 cm³/mol. The van der Waals surface area contributed by atoms with Crippen LogP contribution < -0.4 is 4.90 Å². The quantitative estimate of drug-likeness (QED) is 0.762. The molecule has 0 spiro atoms. The number of hydrogen-bond acceptors (Lipinski definition) is 5. The Kier molecular flexibility index (Phi) is 4.92. The Bertz CT molecular complexity index is 739. The van der Waals surface area contributed by atoms with Gasteiger partial charge in [0.05, 0.1) is 16.0 Å². The standard InChI is InChI=1S/C17H20BrN3O2S/c1-17(2,15(22)23)11-6-8-21(9-7-11)16-19-10-13(24-16)12-4-3-5-14(18)20-12/h3-5,10-11H,6-9H2,1-2H3,(H,22,23). The number of hydrogen-bond donors (Lipinski definition) is 1. The van der Waals surface area contributed by atoms with Gasteiger partial charge in [0.25, 0.3) is 0 Å². The van der Waals surface area contributed by atoms with Crippen LogP contribution in [0.15, 0.2) is 29.0 Å². The molecule has 1 fully saturated rings. The molecule has 1 saturated heterocycles. The maximum absolute atomic E-state index is 11.4. The summed E-state index contributed by atoms with van der Waals surface area (Å²) in [5.41, 5.74) is 0.246. The average molecular weight is 410 g/mol. The number of carbonyl (C=O) groups is 1. The monoisotopic (exact) mass is 409 g/mol. The van der Waals surface area contributed by atoms with Gasteiger partial charge in [0, 0.05) is 19.3 Å². The van der Waals surface area contributed by atoms with E-state index in [1.54, 1.807) is 11.3 Å². The van der Waals surface area contributed by atoms with E-state index in [0.717, 1.165) is 46.2 Å². The number of halogens is 1. The highest BCUT2D eigenvalue weighted by Gasteiger charge is 2.38. The maximum Gasteiger partial charge on any atom is 0.309 e. The molecule has 1 aliphatic heterocycles. The van der Waals surface area contributed by atoms with E-state index in [-0.39, 0.29) is 5.92 Å². The first-order valence-corrected chi connectivity index (χ1v) is 9.56. The molecule has 7 heteroatoms. The fourth-order valence-electron chi connectivity index (χ4n) is 3.04. The number of thiazole rings is 1. The first-order chi connectivity index (χ1) is 11.4. The van der Waals surface area contributed by atoms with Gasteiger partial charge in [-0.05, 0) is 60.7 Å². The van der Waals surface area contributed by atoms with Gasteiger partial charge in [-0.25, -0.2) is 9.97 Å². The lowest BCUT2D eigenvalue weighted by Crippen LogP contribution is -2.42. The SMILES string of the molecule is CC(C)(C(=O)O)C1CCN(c2ncc(-c3cccc(Br)n3)s2)CC1. The fraction of sp³-hybridized carbons (Fsp3) is 0.471. The van der Waals surface area contributed by atoms with E-state index in [4.69, 9.17) is 0 Å². The molecular formula is C17H20BrN3O2S. The van der Waals surface area contributed by atoms with Crippen molar-refractivity contribution < 1.29 is 9.90 Å². The number of pyridine rings is 1. The molecule has 2 aromatic heterocycles. The second-order valence-corrected chi connectivity index (χ2v) is 8.46. The second kappa shape index (κ2) is 6.80. The molecule has 24 heavy (non-hydrogen) atoms. The topological polar surface area (TPSA) is 66.3 Å². The van der Waals surface area contributed by atoms with Crippen molar-refractivity contribution in [1.82, 2.24) is 9.97 Å². The van der Waals surface area contributed by atoms with Gasteiger partial charge < -0.3 is 10.0 Å². The van der Waals surface area contributed by atoms with Gasteiger partial charge in [0.2, 0.25) is 0 Å². The van der Waals surface area contributed by atoms with Crippen LogP contribution in [0.1, 0.15) is 26.7 Å². The molecule has 1 N–H and O–H groups in total. The number of piperidine rings is 1. The van der Waals surface area contributed by atoms with Gasteiger partial charge in [0.1, 0.15) is 4.60 Å². The molecule has 2 aromatic rings. The van der Waals surface area contributed by atoms with E-state index < -0.39 is 11.4 Å². The lowest BCUT2D eigenvalue weighted by molar-refractivity contribution is -0.150. The maximum atomic E-state index is 11.4. The van der Waals surface area contributed by atoms with Crippen LogP contribution in [0, 0.1) is 11.3 Å². The van der Waals surface area contributed by atoms with Crippen molar-refractivity contribution in [2.75, 3.05) is 18.0 Å². The average Bonchev–Trinajstić information content (AvgIpc) is 3.05. The molecular weight excluding hydrogens is 390 g/mol. The van der Waals surface area contributed by atoms with Crippen LogP contribution in [0.25, 0.3) is 10.6 Å². The van der Waals surface area contributed by atoms with E-state index >= 15 is 0 Å². The summed E-state index contributed by atoms with van der Waals surface area (Å²) in [5, 5.41) is 10.4. The third kappa shape index (κ3) is 3.47. The number of carboxylic acids is 1. The Morgan fingerprint density at radius 3 is 2.71 bits per heavy atom. The van der Waals surface area contributed by atoms with Crippen molar-refractivity contribution in [1.29, 1.82) is 0 Å². The summed E-state index contributed by atoms with van der Waals surface area (Å²) in [7, 11) is 0. The lowest BCUT2D eigenvalue weighted by Gasteiger charge is -2.38. The molecule has 128 valence electrons. The molecule has 0 aliphatic carbocycles. The molecule has 3 heterocycles. The normalized spacial score (nSPS) is 16.4. The molecule has 0 bridgehead atoms. The Hall–Kier alpha value is -1.47. The van der Waals surface area contributed by atoms with Crippen molar-refractivity contribution >= 4 is 38.4 Å².